The van der Waals surface area contributed by atoms with Gasteiger partial charge < -0.3 is 15.2 Å². The van der Waals surface area contributed by atoms with Crippen LogP contribution in [0.15, 0.2) is 54.9 Å². The van der Waals surface area contributed by atoms with Gasteiger partial charge in [-0.15, -0.1) is 5.10 Å². The zero-order chi connectivity index (χ0) is 22.7. The molecule has 4 aromatic rings. The predicted octanol–water partition coefficient (Wildman–Crippen LogP) is 4.65. The Labute approximate surface area is 185 Å². The first-order valence-corrected chi connectivity index (χ1v) is 9.84. The number of benzene rings is 1. The smallest absolute Gasteiger partial charge is 0.284 e. The summed E-state index contributed by atoms with van der Waals surface area (Å²) in [7, 11) is 0. The Bertz CT molecular complexity index is 1250. The number of nitrogens with two attached hydrogens (primary N) is 1. The molecule has 1 aromatic carbocycles. The van der Waals surface area contributed by atoms with Crippen LogP contribution >= 0.6 is 11.6 Å². The lowest BCUT2D eigenvalue weighted by molar-refractivity contribution is -0.0565. The van der Waals surface area contributed by atoms with Crippen LogP contribution in [0.2, 0.25) is 5.02 Å². The maximum absolute atomic E-state index is 15.0. The molecule has 0 unspecified atom stereocenters. The van der Waals surface area contributed by atoms with E-state index in [9.17, 15) is 13.2 Å². The van der Waals surface area contributed by atoms with Crippen molar-refractivity contribution in [2.75, 3.05) is 18.9 Å². The number of pyridine rings is 2. The fourth-order valence-corrected chi connectivity index (χ4v) is 3.09. The van der Waals surface area contributed by atoms with Crippen LogP contribution in [0, 0.1) is 5.82 Å². The molecule has 3 aromatic heterocycles. The standard InChI is InChI=1S/C21H17ClF3N5O2/c22-14-4-7-27-18(11-14)32-12-21(24,25)6-9-31-16-3-1-2-15(19(16)23)13-5-8-30-17(10-13)28-20(26)29-30/h1-5,7-8,10-11H,6,9,12H2,(H2,26,29). The van der Waals surface area contributed by atoms with Crippen molar-refractivity contribution in [2.24, 2.45) is 0 Å². The monoisotopic (exact) mass is 463 g/mol. The van der Waals surface area contributed by atoms with E-state index < -0.39 is 31.4 Å². The number of rotatable bonds is 8. The van der Waals surface area contributed by atoms with Gasteiger partial charge in [-0.2, -0.15) is 4.98 Å². The second-order valence-corrected chi connectivity index (χ2v) is 7.30. The van der Waals surface area contributed by atoms with Crippen molar-refractivity contribution >= 4 is 23.2 Å². The first-order valence-electron chi connectivity index (χ1n) is 9.46. The van der Waals surface area contributed by atoms with E-state index in [2.05, 4.69) is 15.1 Å². The van der Waals surface area contributed by atoms with E-state index in [0.29, 0.717) is 16.2 Å². The number of hydrogen-bond acceptors (Lipinski definition) is 6. The van der Waals surface area contributed by atoms with E-state index in [-0.39, 0.29) is 23.1 Å². The maximum atomic E-state index is 15.0. The number of anilines is 1. The van der Waals surface area contributed by atoms with E-state index in [0.717, 1.165) is 0 Å². The highest BCUT2D eigenvalue weighted by Crippen LogP contribution is 2.30. The molecule has 0 aliphatic rings. The minimum atomic E-state index is -3.21. The Morgan fingerprint density at radius 3 is 2.78 bits per heavy atom. The highest BCUT2D eigenvalue weighted by Gasteiger charge is 2.30. The zero-order valence-electron chi connectivity index (χ0n) is 16.5. The van der Waals surface area contributed by atoms with E-state index in [1.165, 1.54) is 28.9 Å². The summed E-state index contributed by atoms with van der Waals surface area (Å²) in [4.78, 5) is 7.84. The topological polar surface area (TPSA) is 87.6 Å². The van der Waals surface area contributed by atoms with E-state index >= 15 is 0 Å². The van der Waals surface area contributed by atoms with E-state index in [4.69, 9.17) is 26.8 Å². The Morgan fingerprint density at radius 2 is 1.97 bits per heavy atom. The molecule has 0 atom stereocenters. The quantitative estimate of drug-likeness (QED) is 0.409. The molecule has 0 amide bonds. The second-order valence-electron chi connectivity index (χ2n) is 6.86. The van der Waals surface area contributed by atoms with Crippen LogP contribution in [0.25, 0.3) is 16.8 Å². The fourth-order valence-electron chi connectivity index (χ4n) is 2.94. The Hall–Kier alpha value is -3.53. The fraction of sp³-hybridized carbons (Fsp3) is 0.190. The van der Waals surface area contributed by atoms with Crippen molar-refractivity contribution in [3.63, 3.8) is 0 Å². The molecule has 32 heavy (non-hydrogen) atoms. The van der Waals surface area contributed by atoms with Gasteiger partial charge in [0.1, 0.15) is 0 Å². The highest BCUT2D eigenvalue weighted by molar-refractivity contribution is 6.30. The van der Waals surface area contributed by atoms with Crippen LogP contribution in [0.3, 0.4) is 0 Å². The van der Waals surface area contributed by atoms with Gasteiger partial charge in [0.15, 0.2) is 23.8 Å². The number of halogens is 4. The number of aromatic nitrogens is 4. The maximum Gasteiger partial charge on any atom is 0.284 e. The summed E-state index contributed by atoms with van der Waals surface area (Å²) in [6.45, 7) is -1.33. The molecule has 4 rings (SSSR count). The first-order chi connectivity index (χ1) is 15.3. The van der Waals surface area contributed by atoms with Gasteiger partial charge in [0.2, 0.25) is 11.8 Å². The molecule has 0 saturated heterocycles. The molecule has 0 aliphatic carbocycles. The minimum Gasteiger partial charge on any atom is -0.490 e. The highest BCUT2D eigenvalue weighted by atomic mass is 35.5. The van der Waals surface area contributed by atoms with Crippen molar-refractivity contribution < 1.29 is 22.6 Å². The number of nitrogens with zero attached hydrogens (tertiary/aromatic N) is 4. The summed E-state index contributed by atoms with van der Waals surface area (Å²) in [5.74, 6) is -3.95. The lowest BCUT2D eigenvalue weighted by Crippen LogP contribution is -2.28. The summed E-state index contributed by atoms with van der Waals surface area (Å²) in [6, 6.07) is 10.6. The van der Waals surface area contributed by atoms with Gasteiger partial charge in [0.05, 0.1) is 6.61 Å². The molecule has 0 radical (unpaired) electrons. The van der Waals surface area contributed by atoms with Gasteiger partial charge >= 0.3 is 0 Å². The third kappa shape index (κ3) is 5.02. The molecule has 0 saturated carbocycles. The van der Waals surface area contributed by atoms with E-state index in [1.54, 1.807) is 30.5 Å². The van der Waals surface area contributed by atoms with Crippen LogP contribution in [0.5, 0.6) is 11.6 Å². The summed E-state index contributed by atoms with van der Waals surface area (Å²) >= 11 is 5.77. The number of nitrogen functional groups attached to an aromatic ring is 1. The second kappa shape index (κ2) is 8.91. The number of alkyl halides is 2. The van der Waals surface area contributed by atoms with Crippen LogP contribution < -0.4 is 15.2 Å². The van der Waals surface area contributed by atoms with Gasteiger partial charge in [0, 0.05) is 35.5 Å². The molecular weight excluding hydrogens is 447 g/mol. The number of fused-ring (bicyclic) bond motifs is 1. The molecule has 0 bridgehead atoms. The third-order valence-electron chi connectivity index (χ3n) is 4.48. The number of ether oxygens (including phenoxy) is 2. The molecule has 3 heterocycles. The van der Waals surface area contributed by atoms with Gasteiger partial charge in [-0.05, 0) is 29.8 Å². The van der Waals surface area contributed by atoms with Crippen LogP contribution in [-0.2, 0) is 0 Å². The molecule has 11 heteroatoms. The lowest BCUT2D eigenvalue weighted by Gasteiger charge is -2.17. The van der Waals surface area contributed by atoms with Crippen LogP contribution in [-0.4, -0.2) is 38.7 Å². The molecule has 166 valence electrons. The molecule has 0 fully saturated rings. The molecule has 2 N–H and O–H groups in total. The van der Waals surface area contributed by atoms with Gasteiger partial charge in [-0.25, -0.2) is 22.7 Å². The van der Waals surface area contributed by atoms with Crippen molar-refractivity contribution in [1.82, 2.24) is 19.6 Å². The molecular formula is C21H17ClF3N5O2. The van der Waals surface area contributed by atoms with Crippen LogP contribution in [0.1, 0.15) is 6.42 Å². The van der Waals surface area contributed by atoms with Gasteiger partial charge in [-0.3, -0.25) is 0 Å². The number of hydrogen-bond donors (Lipinski definition) is 1. The largest absolute Gasteiger partial charge is 0.490 e. The minimum absolute atomic E-state index is 0.0109. The SMILES string of the molecule is Nc1nc2cc(-c3cccc(OCCC(F)(F)COc4cc(Cl)ccn4)c3F)ccn2n1. The van der Waals surface area contributed by atoms with Crippen molar-refractivity contribution in [3.05, 3.63) is 65.7 Å². The normalized spacial score (nSPS) is 11.6. The zero-order valence-corrected chi connectivity index (χ0v) is 17.3. The average Bonchev–Trinajstić information content (AvgIpc) is 3.13. The summed E-state index contributed by atoms with van der Waals surface area (Å²) < 4.78 is 55.0. The summed E-state index contributed by atoms with van der Waals surface area (Å²) in [6.07, 6.45) is 2.27. The Balaban J connectivity index is 1.40. The summed E-state index contributed by atoms with van der Waals surface area (Å²) in [5, 5.41) is 4.29. The molecule has 7 nitrogen and oxygen atoms in total. The van der Waals surface area contributed by atoms with Gasteiger partial charge in [0.25, 0.3) is 5.92 Å². The first kappa shape index (κ1) is 21.7. The van der Waals surface area contributed by atoms with Crippen LogP contribution in [0.4, 0.5) is 19.1 Å². The van der Waals surface area contributed by atoms with Crippen molar-refractivity contribution in [1.29, 1.82) is 0 Å². The predicted molar refractivity (Wildman–Crippen MR) is 113 cm³/mol. The molecule has 0 aliphatic heterocycles. The lowest BCUT2D eigenvalue weighted by atomic mass is 10.1. The Morgan fingerprint density at radius 1 is 1.12 bits per heavy atom. The molecule has 0 spiro atoms. The van der Waals surface area contributed by atoms with Gasteiger partial charge in [-0.1, -0.05) is 23.7 Å². The van der Waals surface area contributed by atoms with Crippen molar-refractivity contribution in [3.8, 4) is 22.8 Å². The van der Waals surface area contributed by atoms with E-state index in [1.807, 2.05) is 0 Å². The summed E-state index contributed by atoms with van der Waals surface area (Å²) in [5.41, 5.74) is 6.76. The third-order valence-corrected chi connectivity index (χ3v) is 4.72. The average molecular weight is 464 g/mol. The Kier molecular flexibility index (Phi) is 6.04. The van der Waals surface area contributed by atoms with Crippen molar-refractivity contribution in [2.45, 2.75) is 12.3 Å².